The molecule has 0 saturated carbocycles. The van der Waals surface area contributed by atoms with Crippen molar-refractivity contribution in [2.24, 2.45) is 7.05 Å². The quantitative estimate of drug-likeness (QED) is 0.470. The molecule has 0 atom stereocenters. The van der Waals surface area contributed by atoms with Crippen LogP contribution in [0.3, 0.4) is 0 Å². The molecule has 4 heteroatoms. The summed E-state index contributed by atoms with van der Waals surface area (Å²) in [5.74, 6) is 1.93. The number of ether oxygens (including phenoxy) is 1. The highest BCUT2D eigenvalue weighted by Crippen LogP contribution is 2.37. The maximum Gasteiger partial charge on any atom is 0.119 e. The Kier molecular flexibility index (Phi) is 4.42. The number of nitrogens with zero attached hydrogens (tertiary/aromatic N) is 3. The van der Waals surface area contributed by atoms with Crippen LogP contribution in [-0.2, 0) is 12.5 Å². The number of hydrogen-bond donors (Lipinski definition) is 0. The Bertz CT molecular complexity index is 1140. The highest BCUT2D eigenvalue weighted by molar-refractivity contribution is 5.90. The molecular formula is C24H25N3O. The molecule has 0 spiro atoms. The highest BCUT2D eigenvalue weighted by atomic mass is 16.5. The fourth-order valence-corrected chi connectivity index (χ4v) is 3.71. The van der Waals surface area contributed by atoms with E-state index in [-0.39, 0.29) is 5.41 Å². The van der Waals surface area contributed by atoms with E-state index in [1.54, 1.807) is 7.11 Å². The Balaban J connectivity index is 1.96. The second-order valence-corrected chi connectivity index (χ2v) is 8.11. The Hall–Kier alpha value is -3.14. The average molecular weight is 371 g/mol. The number of fused-ring (bicyclic) bond motifs is 1. The Morgan fingerprint density at radius 3 is 2.21 bits per heavy atom. The van der Waals surface area contributed by atoms with E-state index >= 15 is 0 Å². The number of hydrogen-bond acceptors (Lipinski definition) is 3. The van der Waals surface area contributed by atoms with Gasteiger partial charge in [0.1, 0.15) is 11.6 Å². The Labute approximate surface area is 165 Å². The van der Waals surface area contributed by atoms with Gasteiger partial charge in [0.15, 0.2) is 0 Å². The first-order chi connectivity index (χ1) is 13.4. The molecule has 28 heavy (non-hydrogen) atoms. The molecule has 0 aliphatic carbocycles. The highest BCUT2D eigenvalue weighted by Gasteiger charge is 2.25. The largest absolute Gasteiger partial charge is 0.497 e. The molecule has 0 fully saturated rings. The van der Waals surface area contributed by atoms with Crippen molar-refractivity contribution in [1.29, 1.82) is 0 Å². The summed E-state index contributed by atoms with van der Waals surface area (Å²) < 4.78 is 7.58. The zero-order valence-corrected chi connectivity index (χ0v) is 17.0. The van der Waals surface area contributed by atoms with Crippen LogP contribution in [0.25, 0.3) is 33.3 Å². The molecule has 2 aromatic heterocycles. The summed E-state index contributed by atoms with van der Waals surface area (Å²) in [4.78, 5) is 9.21. The Morgan fingerprint density at radius 2 is 1.54 bits per heavy atom. The zero-order chi connectivity index (χ0) is 19.9. The summed E-state index contributed by atoms with van der Waals surface area (Å²) in [7, 11) is 3.80. The number of imidazole rings is 1. The summed E-state index contributed by atoms with van der Waals surface area (Å²) >= 11 is 0. The Morgan fingerprint density at radius 1 is 0.857 bits per heavy atom. The van der Waals surface area contributed by atoms with E-state index < -0.39 is 0 Å². The first kappa shape index (κ1) is 18.2. The third-order valence-electron chi connectivity index (χ3n) is 5.04. The van der Waals surface area contributed by atoms with Crippen molar-refractivity contribution < 1.29 is 4.74 Å². The SMILES string of the molecule is COc1ccc2cc(-c3c(-c4ccncc4)nc(C(C)(C)C)n3C)ccc2c1. The summed E-state index contributed by atoms with van der Waals surface area (Å²) in [6, 6.07) is 16.7. The van der Waals surface area contributed by atoms with Gasteiger partial charge < -0.3 is 9.30 Å². The minimum atomic E-state index is -0.0566. The van der Waals surface area contributed by atoms with Gasteiger partial charge in [-0.15, -0.1) is 0 Å². The van der Waals surface area contributed by atoms with Crippen molar-refractivity contribution in [3.63, 3.8) is 0 Å². The standard InChI is InChI=1S/C24H25N3O/c1-24(2,3)23-26-21(16-10-12-25-13-11-16)22(27(23)4)19-7-6-18-15-20(28-5)9-8-17(18)14-19/h6-15H,1-5H3. The molecule has 0 bridgehead atoms. The maximum absolute atomic E-state index is 5.35. The van der Waals surface area contributed by atoms with E-state index in [4.69, 9.17) is 9.72 Å². The number of rotatable bonds is 3. The van der Waals surface area contributed by atoms with Crippen molar-refractivity contribution >= 4 is 10.8 Å². The molecule has 0 unspecified atom stereocenters. The van der Waals surface area contributed by atoms with E-state index in [9.17, 15) is 0 Å². The second kappa shape index (κ2) is 6.79. The van der Waals surface area contributed by atoms with Crippen LogP contribution in [-0.4, -0.2) is 21.6 Å². The van der Waals surface area contributed by atoms with Gasteiger partial charge in [0.2, 0.25) is 0 Å². The summed E-state index contributed by atoms with van der Waals surface area (Å²) in [6.07, 6.45) is 3.63. The minimum Gasteiger partial charge on any atom is -0.497 e. The molecule has 0 saturated heterocycles. The lowest BCUT2D eigenvalue weighted by Gasteiger charge is -2.18. The van der Waals surface area contributed by atoms with Gasteiger partial charge in [-0.2, -0.15) is 0 Å². The van der Waals surface area contributed by atoms with Crippen molar-refractivity contribution in [3.8, 4) is 28.3 Å². The molecular weight excluding hydrogens is 346 g/mol. The lowest BCUT2D eigenvalue weighted by atomic mass is 9.96. The van der Waals surface area contributed by atoms with E-state index in [0.29, 0.717) is 0 Å². The monoisotopic (exact) mass is 371 g/mol. The molecule has 4 rings (SSSR count). The predicted octanol–water partition coefficient (Wildman–Crippen LogP) is 5.61. The fraction of sp³-hybridized carbons (Fsp3) is 0.250. The molecule has 0 amide bonds. The lowest BCUT2D eigenvalue weighted by molar-refractivity contribution is 0.415. The predicted molar refractivity (Wildman–Crippen MR) is 115 cm³/mol. The van der Waals surface area contributed by atoms with Crippen molar-refractivity contribution in [1.82, 2.24) is 14.5 Å². The molecule has 0 aliphatic heterocycles. The number of aromatic nitrogens is 3. The molecule has 0 N–H and O–H groups in total. The maximum atomic E-state index is 5.35. The number of pyridine rings is 1. The van der Waals surface area contributed by atoms with Crippen LogP contribution < -0.4 is 4.74 Å². The fourth-order valence-electron chi connectivity index (χ4n) is 3.71. The van der Waals surface area contributed by atoms with Gasteiger partial charge in [-0.25, -0.2) is 4.98 Å². The number of benzene rings is 2. The average Bonchev–Trinajstić information content (AvgIpc) is 3.05. The molecule has 0 radical (unpaired) electrons. The third kappa shape index (κ3) is 3.15. The van der Waals surface area contributed by atoms with Gasteiger partial charge in [0.25, 0.3) is 0 Å². The normalized spacial score (nSPS) is 11.8. The molecule has 4 nitrogen and oxygen atoms in total. The summed E-state index contributed by atoms with van der Waals surface area (Å²) in [5, 5.41) is 2.34. The zero-order valence-electron chi connectivity index (χ0n) is 17.0. The van der Waals surface area contributed by atoms with Gasteiger partial charge in [-0.05, 0) is 41.1 Å². The van der Waals surface area contributed by atoms with Gasteiger partial charge in [0, 0.05) is 36.0 Å². The molecule has 4 aromatic rings. The molecule has 2 aromatic carbocycles. The van der Waals surface area contributed by atoms with Crippen LogP contribution in [0.2, 0.25) is 0 Å². The lowest BCUT2D eigenvalue weighted by Crippen LogP contribution is -2.17. The first-order valence-electron chi connectivity index (χ1n) is 9.44. The van der Waals surface area contributed by atoms with Gasteiger partial charge in [0.05, 0.1) is 18.5 Å². The van der Waals surface area contributed by atoms with Crippen molar-refractivity contribution in [2.75, 3.05) is 7.11 Å². The van der Waals surface area contributed by atoms with Crippen LogP contribution >= 0.6 is 0 Å². The summed E-state index contributed by atoms with van der Waals surface area (Å²) in [5.41, 5.74) is 4.27. The van der Waals surface area contributed by atoms with Crippen LogP contribution in [0.15, 0.2) is 60.9 Å². The van der Waals surface area contributed by atoms with Crippen molar-refractivity contribution in [3.05, 3.63) is 66.7 Å². The molecule has 2 heterocycles. The van der Waals surface area contributed by atoms with Gasteiger partial charge in [-0.3, -0.25) is 4.98 Å². The third-order valence-corrected chi connectivity index (χ3v) is 5.04. The van der Waals surface area contributed by atoms with E-state index in [1.807, 2.05) is 30.6 Å². The van der Waals surface area contributed by atoms with E-state index in [1.165, 1.54) is 5.39 Å². The smallest absolute Gasteiger partial charge is 0.119 e. The molecule has 142 valence electrons. The topological polar surface area (TPSA) is 39.9 Å². The van der Waals surface area contributed by atoms with Crippen LogP contribution in [0, 0.1) is 0 Å². The van der Waals surface area contributed by atoms with Gasteiger partial charge >= 0.3 is 0 Å². The summed E-state index contributed by atoms with van der Waals surface area (Å²) in [6.45, 7) is 6.59. The first-order valence-corrected chi connectivity index (χ1v) is 9.44. The van der Waals surface area contributed by atoms with Gasteiger partial charge in [-0.1, -0.05) is 39.0 Å². The second-order valence-electron chi connectivity index (χ2n) is 8.11. The number of methoxy groups -OCH3 is 1. The van der Waals surface area contributed by atoms with E-state index in [2.05, 4.69) is 67.7 Å². The molecule has 0 aliphatic rings. The van der Waals surface area contributed by atoms with Crippen LogP contribution in [0.4, 0.5) is 0 Å². The van der Waals surface area contributed by atoms with Crippen LogP contribution in [0.5, 0.6) is 5.75 Å². The van der Waals surface area contributed by atoms with Crippen molar-refractivity contribution in [2.45, 2.75) is 26.2 Å². The minimum absolute atomic E-state index is 0.0566. The van der Waals surface area contributed by atoms with Crippen LogP contribution in [0.1, 0.15) is 26.6 Å². The van der Waals surface area contributed by atoms with E-state index in [0.717, 1.165) is 39.5 Å².